The molecule has 3 N–H and O–H groups in total. The van der Waals surface area contributed by atoms with Crippen LogP contribution in [-0.2, 0) is 9.59 Å². The van der Waals surface area contributed by atoms with Gasteiger partial charge in [-0.05, 0) is 11.6 Å². The van der Waals surface area contributed by atoms with Crippen LogP contribution in [0.1, 0.15) is 0 Å². The number of carbonyl (C=O) groups excluding carboxylic acids is 2. The Labute approximate surface area is 170 Å². The van der Waals surface area contributed by atoms with Crippen molar-refractivity contribution in [2.24, 2.45) is 0 Å². The van der Waals surface area contributed by atoms with E-state index in [0.29, 0.717) is 10.9 Å². The number of imidazole rings is 1. The van der Waals surface area contributed by atoms with E-state index in [1.54, 1.807) is 6.20 Å². The maximum absolute atomic E-state index is 11.9. The molecule has 3 rings (SSSR count). The van der Waals surface area contributed by atoms with E-state index < -0.39 is 16.7 Å². The quantitative estimate of drug-likeness (QED) is 0.180. The maximum atomic E-state index is 11.9. The van der Waals surface area contributed by atoms with E-state index in [-0.39, 0.29) is 17.9 Å². The van der Waals surface area contributed by atoms with E-state index in [1.165, 1.54) is 36.0 Å². The van der Waals surface area contributed by atoms with Crippen LogP contribution < -0.4 is 10.6 Å². The summed E-state index contributed by atoms with van der Waals surface area (Å²) in [5.41, 5.74) is 1.93. The highest BCUT2D eigenvalue weighted by molar-refractivity contribution is 7.99. The number of hydrogen-bond acceptors (Lipinski definition) is 6. The topological polar surface area (TPSA) is 130 Å². The van der Waals surface area contributed by atoms with Crippen molar-refractivity contribution in [3.63, 3.8) is 0 Å². The summed E-state index contributed by atoms with van der Waals surface area (Å²) < 4.78 is 0. The molecule has 2 aromatic carbocycles. The number of hydrogen-bond donors (Lipinski definition) is 3. The third-order valence-electron chi connectivity index (χ3n) is 3.78. The molecule has 10 heteroatoms. The standard InChI is InChI=1S/C19H17N5O4S/c25-17(18(26)22-14-7-4-8-15(11-14)24(27)28)20-9-10-29-19-21-12-16(23-19)13-5-2-1-3-6-13/h1-8,11-12H,9-10H2,(H,20,25)(H,21,23)(H,22,26). The second kappa shape index (κ2) is 9.51. The summed E-state index contributed by atoms with van der Waals surface area (Å²) in [5, 5.41) is 16.3. The fraction of sp³-hybridized carbons (Fsp3) is 0.105. The number of non-ortho nitro benzene ring substituents is 1. The van der Waals surface area contributed by atoms with Gasteiger partial charge in [-0.1, -0.05) is 48.2 Å². The molecule has 0 aliphatic rings. The lowest BCUT2D eigenvalue weighted by Gasteiger charge is -2.06. The highest BCUT2D eigenvalue weighted by atomic mass is 32.2. The molecule has 0 saturated heterocycles. The van der Waals surface area contributed by atoms with Crippen molar-refractivity contribution < 1.29 is 14.5 Å². The fourth-order valence-corrected chi connectivity index (χ4v) is 3.13. The first-order valence-electron chi connectivity index (χ1n) is 8.60. The lowest BCUT2D eigenvalue weighted by Crippen LogP contribution is -2.36. The molecule has 0 fully saturated rings. The smallest absolute Gasteiger partial charge is 0.313 e. The molecular formula is C19H17N5O4S. The Bertz CT molecular complexity index is 1020. The molecule has 3 aromatic rings. The first kappa shape index (κ1) is 20.1. The highest BCUT2D eigenvalue weighted by Crippen LogP contribution is 2.21. The number of nitrogens with one attached hydrogen (secondary N) is 3. The monoisotopic (exact) mass is 411 g/mol. The van der Waals surface area contributed by atoms with E-state index in [9.17, 15) is 19.7 Å². The van der Waals surface area contributed by atoms with Crippen LogP contribution in [0.5, 0.6) is 0 Å². The SMILES string of the molecule is O=C(NCCSc1ncc(-c2ccccc2)[nH]1)C(=O)Nc1cccc([N+](=O)[O-])c1. The van der Waals surface area contributed by atoms with Crippen LogP contribution in [0, 0.1) is 10.1 Å². The van der Waals surface area contributed by atoms with E-state index in [1.807, 2.05) is 30.3 Å². The largest absolute Gasteiger partial charge is 0.347 e. The van der Waals surface area contributed by atoms with Crippen LogP contribution in [0.2, 0.25) is 0 Å². The predicted octanol–water partition coefficient (Wildman–Crippen LogP) is 2.83. The molecule has 0 atom stereocenters. The van der Waals surface area contributed by atoms with Gasteiger partial charge in [-0.25, -0.2) is 4.98 Å². The van der Waals surface area contributed by atoms with E-state index in [4.69, 9.17) is 0 Å². The van der Waals surface area contributed by atoms with Crippen LogP contribution >= 0.6 is 11.8 Å². The van der Waals surface area contributed by atoms with Crippen molar-refractivity contribution in [3.05, 3.63) is 70.9 Å². The molecule has 1 aromatic heterocycles. The molecule has 0 aliphatic heterocycles. The van der Waals surface area contributed by atoms with E-state index in [0.717, 1.165) is 11.3 Å². The van der Waals surface area contributed by atoms with Crippen molar-refractivity contribution in [2.45, 2.75) is 5.16 Å². The molecule has 9 nitrogen and oxygen atoms in total. The molecule has 1 heterocycles. The first-order valence-corrected chi connectivity index (χ1v) is 9.58. The Morgan fingerprint density at radius 3 is 2.66 bits per heavy atom. The van der Waals surface area contributed by atoms with Gasteiger partial charge < -0.3 is 15.6 Å². The Kier molecular flexibility index (Phi) is 6.59. The average molecular weight is 411 g/mol. The zero-order valence-corrected chi connectivity index (χ0v) is 15.9. The van der Waals surface area contributed by atoms with Gasteiger partial charge in [0, 0.05) is 30.1 Å². The summed E-state index contributed by atoms with van der Waals surface area (Å²) in [5.74, 6) is -1.20. The minimum Gasteiger partial charge on any atom is -0.347 e. The van der Waals surface area contributed by atoms with Crippen LogP contribution in [0.3, 0.4) is 0 Å². The number of benzene rings is 2. The summed E-state index contributed by atoms with van der Waals surface area (Å²) >= 11 is 1.41. The summed E-state index contributed by atoms with van der Waals surface area (Å²) in [6, 6.07) is 15.1. The minimum atomic E-state index is -0.889. The normalized spacial score (nSPS) is 10.3. The van der Waals surface area contributed by atoms with E-state index in [2.05, 4.69) is 20.6 Å². The van der Waals surface area contributed by atoms with Crippen molar-refractivity contribution in [1.29, 1.82) is 0 Å². The van der Waals surface area contributed by atoms with Gasteiger partial charge in [-0.2, -0.15) is 0 Å². The number of nitro benzene ring substituents is 1. The minimum absolute atomic E-state index is 0.173. The summed E-state index contributed by atoms with van der Waals surface area (Å²) in [6.07, 6.45) is 1.74. The number of carbonyl (C=O) groups is 2. The molecule has 0 aliphatic carbocycles. The average Bonchev–Trinajstić information content (AvgIpc) is 3.21. The summed E-state index contributed by atoms with van der Waals surface area (Å²) in [6.45, 7) is 0.257. The second-order valence-corrected chi connectivity index (χ2v) is 6.92. The van der Waals surface area contributed by atoms with Gasteiger partial charge in [0.2, 0.25) is 0 Å². The van der Waals surface area contributed by atoms with Crippen LogP contribution in [-0.4, -0.2) is 39.0 Å². The molecule has 0 radical (unpaired) electrons. The Morgan fingerprint density at radius 1 is 1.10 bits per heavy atom. The third-order valence-corrected chi connectivity index (χ3v) is 4.67. The van der Waals surface area contributed by atoms with Crippen molar-refractivity contribution >= 4 is 35.0 Å². The number of aromatic nitrogens is 2. The van der Waals surface area contributed by atoms with Crippen LogP contribution in [0.4, 0.5) is 11.4 Å². The number of H-pyrrole nitrogens is 1. The van der Waals surface area contributed by atoms with Crippen LogP contribution in [0.15, 0.2) is 66.0 Å². The predicted molar refractivity (Wildman–Crippen MR) is 109 cm³/mol. The molecule has 2 amide bonds. The van der Waals surface area contributed by atoms with Crippen molar-refractivity contribution in [3.8, 4) is 11.3 Å². The first-order chi connectivity index (χ1) is 14.0. The second-order valence-electron chi connectivity index (χ2n) is 5.83. The fourth-order valence-electron chi connectivity index (χ4n) is 2.42. The zero-order valence-electron chi connectivity index (χ0n) is 15.1. The molecule has 0 unspecified atom stereocenters. The van der Waals surface area contributed by atoms with Gasteiger partial charge in [0.25, 0.3) is 5.69 Å². The lowest BCUT2D eigenvalue weighted by molar-refractivity contribution is -0.384. The molecule has 148 valence electrons. The number of amides is 2. The molecule has 0 bridgehead atoms. The lowest BCUT2D eigenvalue weighted by atomic mass is 10.2. The van der Waals surface area contributed by atoms with Gasteiger partial charge in [0.15, 0.2) is 5.16 Å². The van der Waals surface area contributed by atoms with Gasteiger partial charge in [-0.15, -0.1) is 0 Å². The summed E-state index contributed by atoms with van der Waals surface area (Å²) in [7, 11) is 0. The number of nitro groups is 1. The summed E-state index contributed by atoms with van der Waals surface area (Å²) in [4.78, 5) is 41.4. The van der Waals surface area contributed by atoms with Gasteiger partial charge in [-0.3, -0.25) is 19.7 Å². The number of aromatic amines is 1. The molecule has 0 saturated carbocycles. The number of thioether (sulfide) groups is 1. The van der Waals surface area contributed by atoms with Crippen molar-refractivity contribution in [1.82, 2.24) is 15.3 Å². The molecule has 29 heavy (non-hydrogen) atoms. The van der Waals surface area contributed by atoms with Gasteiger partial charge in [0.1, 0.15) is 0 Å². The van der Waals surface area contributed by atoms with Gasteiger partial charge in [0.05, 0.1) is 16.8 Å². The Morgan fingerprint density at radius 2 is 1.90 bits per heavy atom. The van der Waals surface area contributed by atoms with E-state index >= 15 is 0 Å². The molecular weight excluding hydrogens is 394 g/mol. The Balaban J connectivity index is 1.43. The third kappa shape index (κ3) is 5.66. The Hall–Kier alpha value is -3.66. The van der Waals surface area contributed by atoms with Crippen molar-refractivity contribution in [2.75, 3.05) is 17.6 Å². The number of rotatable bonds is 7. The highest BCUT2D eigenvalue weighted by Gasteiger charge is 2.15. The number of anilines is 1. The molecule has 0 spiro atoms. The number of nitrogens with zero attached hydrogens (tertiary/aromatic N) is 2. The maximum Gasteiger partial charge on any atom is 0.313 e. The zero-order chi connectivity index (χ0) is 20.6. The van der Waals surface area contributed by atoms with Gasteiger partial charge >= 0.3 is 11.8 Å². The van der Waals surface area contributed by atoms with Crippen LogP contribution in [0.25, 0.3) is 11.3 Å².